The quantitative estimate of drug-likeness (QED) is 0.636. The molecule has 1 unspecified atom stereocenters. The summed E-state index contributed by atoms with van der Waals surface area (Å²) in [5.74, 6) is 5.33. The standard InChI is InChI=1S/C9H16N2O2S/c1-2-3-7-11-14(12,13)9-5-4-6-10-8-9/h9-11H,4-8H2,1H3. The van der Waals surface area contributed by atoms with Gasteiger partial charge in [-0.3, -0.25) is 0 Å². The van der Waals surface area contributed by atoms with Crippen LogP contribution < -0.4 is 10.0 Å². The molecule has 0 spiro atoms. The monoisotopic (exact) mass is 216 g/mol. The van der Waals surface area contributed by atoms with E-state index in [1.807, 2.05) is 0 Å². The van der Waals surface area contributed by atoms with E-state index in [1.54, 1.807) is 6.92 Å². The third kappa shape index (κ3) is 3.29. The Bertz CT molecular complexity index is 320. The van der Waals surface area contributed by atoms with Crippen molar-refractivity contribution in [2.24, 2.45) is 0 Å². The number of rotatable bonds is 3. The second kappa shape index (κ2) is 5.35. The van der Waals surface area contributed by atoms with Gasteiger partial charge in [0.25, 0.3) is 0 Å². The van der Waals surface area contributed by atoms with Crippen molar-refractivity contribution in [1.29, 1.82) is 0 Å². The molecule has 1 fully saturated rings. The van der Waals surface area contributed by atoms with Crippen LogP contribution in [-0.4, -0.2) is 33.3 Å². The SMILES string of the molecule is CC#CCNS(=O)(=O)C1CCCNC1. The Balaban J connectivity index is 2.49. The van der Waals surface area contributed by atoms with Gasteiger partial charge in [0.05, 0.1) is 11.8 Å². The predicted molar refractivity (Wildman–Crippen MR) is 56.3 cm³/mol. The van der Waals surface area contributed by atoms with Crippen LogP contribution in [0.3, 0.4) is 0 Å². The number of piperidine rings is 1. The second-order valence-corrected chi connectivity index (χ2v) is 5.31. The Hall–Kier alpha value is -0.570. The Labute approximate surface area is 85.5 Å². The fourth-order valence-corrected chi connectivity index (χ4v) is 2.75. The molecule has 1 heterocycles. The summed E-state index contributed by atoms with van der Waals surface area (Å²) < 4.78 is 25.8. The van der Waals surface area contributed by atoms with Gasteiger partial charge in [-0.05, 0) is 26.3 Å². The van der Waals surface area contributed by atoms with Gasteiger partial charge in [-0.1, -0.05) is 5.92 Å². The van der Waals surface area contributed by atoms with E-state index >= 15 is 0 Å². The lowest BCUT2D eigenvalue weighted by molar-refractivity contribution is 0.492. The highest BCUT2D eigenvalue weighted by atomic mass is 32.2. The van der Waals surface area contributed by atoms with Crippen molar-refractivity contribution in [3.8, 4) is 11.8 Å². The van der Waals surface area contributed by atoms with Gasteiger partial charge in [-0.15, -0.1) is 5.92 Å². The Morgan fingerprint density at radius 3 is 2.93 bits per heavy atom. The minimum Gasteiger partial charge on any atom is -0.315 e. The maximum absolute atomic E-state index is 11.6. The molecule has 0 amide bonds. The van der Waals surface area contributed by atoms with Gasteiger partial charge in [-0.25, -0.2) is 13.1 Å². The highest BCUT2D eigenvalue weighted by molar-refractivity contribution is 7.90. The van der Waals surface area contributed by atoms with E-state index in [0.29, 0.717) is 6.54 Å². The summed E-state index contributed by atoms with van der Waals surface area (Å²) in [6.07, 6.45) is 1.66. The molecule has 0 radical (unpaired) electrons. The van der Waals surface area contributed by atoms with Crippen LogP contribution in [0.5, 0.6) is 0 Å². The Morgan fingerprint density at radius 2 is 2.36 bits per heavy atom. The number of sulfonamides is 1. The molecule has 5 heteroatoms. The molecule has 14 heavy (non-hydrogen) atoms. The summed E-state index contributed by atoms with van der Waals surface area (Å²) in [7, 11) is -3.17. The van der Waals surface area contributed by atoms with Gasteiger partial charge in [-0.2, -0.15) is 0 Å². The summed E-state index contributed by atoms with van der Waals surface area (Å²) in [5, 5.41) is 2.78. The predicted octanol–water partition coefficient (Wildman–Crippen LogP) is -0.319. The molecule has 1 atom stereocenters. The van der Waals surface area contributed by atoms with E-state index in [4.69, 9.17) is 0 Å². The molecule has 0 aromatic carbocycles. The minimum absolute atomic E-state index is 0.218. The van der Waals surface area contributed by atoms with Gasteiger partial charge < -0.3 is 5.32 Å². The number of hydrogen-bond acceptors (Lipinski definition) is 3. The molecule has 1 saturated heterocycles. The van der Waals surface area contributed by atoms with E-state index < -0.39 is 10.0 Å². The average Bonchev–Trinajstić information content (AvgIpc) is 2.19. The van der Waals surface area contributed by atoms with E-state index in [1.165, 1.54) is 0 Å². The first-order chi connectivity index (χ1) is 6.67. The third-order valence-electron chi connectivity index (χ3n) is 2.23. The van der Waals surface area contributed by atoms with Crippen LogP contribution in [0.1, 0.15) is 19.8 Å². The Kier molecular flexibility index (Phi) is 4.39. The van der Waals surface area contributed by atoms with Crippen molar-refractivity contribution >= 4 is 10.0 Å². The van der Waals surface area contributed by atoms with E-state index in [0.717, 1.165) is 19.4 Å². The smallest absolute Gasteiger partial charge is 0.216 e. The van der Waals surface area contributed by atoms with Crippen molar-refractivity contribution in [3.63, 3.8) is 0 Å². The van der Waals surface area contributed by atoms with Crippen LogP contribution >= 0.6 is 0 Å². The molecule has 0 aromatic rings. The van der Waals surface area contributed by atoms with Crippen LogP contribution in [0.4, 0.5) is 0 Å². The topological polar surface area (TPSA) is 58.2 Å². The summed E-state index contributed by atoms with van der Waals surface area (Å²) in [4.78, 5) is 0. The van der Waals surface area contributed by atoms with E-state index in [9.17, 15) is 8.42 Å². The Morgan fingerprint density at radius 1 is 1.57 bits per heavy atom. The highest BCUT2D eigenvalue weighted by Gasteiger charge is 2.26. The van der Waals surface area contributed by atoms with Crippen molar-refractivity contribution in [2.45, 2.75) is 25.0 Å². The van der Waals surface area contributed by atoms with Crippen LogP contribution in [0.15, 0.2) is 0 Å². The molecule has 0 saturated carbocycles. The van der Waals surface area contributed by atoms with Crippen LogP contribution in [-0.2, 0) is 10.0 Å². The average molecular weight is 216 g/mol. The minimum atomic E-state index is -3.17. The molecular formula is C9H16N2O2S. The summed E-state index contributed by atoms with van der Waals surface area (Å²) >= 11 is 0. The maximum Gasteiger partial charge on any atom is 0.216 e. The molecule has 1 rings (SSSR count). The second-order valence-electron chi connectivity index (χ2n) is 3.26. The third-order valence-corrected chi connectivity index (χ3v) is 4.06. The summed E-state index contributed by atoms with van der Waals surface area (Å²) in [6, 6.07) is 0. The summed E-state index contributed by atoms with van der Waals surface area (Å²) in [5.41, 5.74) is 0. The molecule has 0 aromatic heterocycles. The molecule has 0 bridgehead atoms. The van der Waals surface area contributed by atoms with Crippen molar-refractivity contribution in [2.75, 3.05) is 19.6 Å². The van der Waals surface area contributed by atoms with Crippen molar-refractivity contribution < 1.29 is 8.42 Å². The number of nitrogens with one attached hydrogen (secondary N) is 2. The van der Waals surface area contributed by atoms with Crippen LogP contribution in [0.2, 0.25) is 0 Å². The molecular weight excluding hydrogens is 200 g/mol. The molecule has 1 aliphatic rings. The molecule has 1 aliphatic heterocycles. The molecule has 2 N–H and O–H groups in total. The molecule has 0 aliphatic carbocycles. The highest BCUT2D eigenvalue weighted by Crippen LogP contribution is 2.09. The summed E-state index contributed by atoms with van der Waals surface area (Å²) in [6.45, 7) is 3.38. The van der Waals surface area contributed by atoms with E-state index in [-0.39, 0.29) is 11.8 Å². The normalized spacial score (nSPS) is 22.5. The number of hydrogen-bond donors (Lipinski definition) is 2. The first kappa shape index (κ1) is 11.5. The van der Waals surface area contributed by atoms with Crippen LogP contribution in [0.25, 0.3) is 0 Å². The zero-order valence-corrected chi connectivity index (χ0v) is 9.15. The van der Waals surface area contributed by atoms with Gasteiger partial charge >= 0.3 is 0 Å². The largest absolute Gasteiger partial charge is 0.315 e. The lowest BCUT2D eigenvalue weighted by Crippen LogP contribution is -2.44. The fourth-order valence-electron chi connectivity index (χ4n) is 1.43. The van der Waals surface area contributed by atoms with Gasteiger partial charge in [0.2, 0.25) is 10.0 Å². The van der Waals surface area contributed by atoms with E-state index in [2.05, 4.69) is 21.9 Å². The molecule has 80 valence electrons. The van der Waals surface area contributed by atoms with Gasteiger partial charge in [0.1, 0.15) is 0 Å². The lowest BCUT2D eigenvalue weighted by atomic mass is 10.2. The van der Waals surface area contributed by atoms with Gasteiger partial charge in [0.15, 0.2) is 0 Å². The zero-order chi connectivity index (χ0) is 10.4. The van der Waals surface area contributed by atoms with Crippen molar-refractivity contribution in [1.82, 2.24) is 10.0 Å². The first-order valence-electron chi connectivity index (χ1n) is 4.75. The van der Waals surface area contributed by atoms with Crippen molar-refractivity contribution in [3.05, 3.63) is 0 Å². The fraction of sp³-hybridized carbons (Fsp3) is 0.778. The van der Waals surface area contributed by atoms with Crippen LogP contribution in [0, 0.1) is 11.8 Å². The molecule has 4 nitrogen and oxygen atoms in total. The first-order valence-corrected chi connectivity index (χ1v) is 6.30. The van der Waals surface area contributed by atoms with Gasteiger partial charge in [0, 0.05) is 6.54 Å². The zero-order valence-electron chi connectivity index (χ0n) is 8.34. The lowest BCUT2D eigenvalue weighted by Gasteiger charge is -2.22. The maximum atomic E-state index is 11.6.